The minimum Gasteiger partial charge on any atom is -0.369 e. The van der Waals surface area contributed by atoms with Crippen LogP contribution in [0, 0.1) is 11.3 Å². The maximum Gasteiger partial charge on any atom is 0.255 e. The summed E-state index contributed by atoms with van der Waals surface area (Å²) >= 11 is 0. The van der Waals surface area contributed by atoms with Gasteiger partial charge in [-0.3, -0.25) is 9.59 Å². The predicted octanol–water partition coefficient (Wildman–Crippen LogP) is 1.74. The number of nitrogens with zero attached hydrogens (tertiary/aromatic N) is 4. The molecule has 0 unspecified atom stereocenters. The second-order valence-corrected chi connectivity index (χ2v) is 7.61. The summed E-state index contributed by atoms with van der Waals surface area (Å²) in [6.45, 7) is 5.11. The third-order valence-corrected chi connectivity index (χ3v) is 5.82. The molecule has 0 bridgehead atoms. The molecule has 0 aromatic carbocycles. The fraction of sp³-hybridized carbons (Fsp3) is 0.556. The van der Waals surface area contributed by atoms with E-state index in [4.69, 9.17) is 5.73 Å². The third-order valence-electron chi connectivity index (χ3n) is 5.82. The van der Waals surface area contributed by atoms with Crippen LogP contribution in [0.5, 0.6) is 0 Å². The Labute approximate surface area is 146 Å². The average molecular weight is 341 g/mol. The molecule has 1 aliphatic heterocycles. The van der Waals surface area contributed by atoms with Gasteiger partial charge in [0.25, 0.3) is 5.91 Å². The van der Waals surface area contributed by atoms with Crippen LogP contribution < -0.4 is 5.73 Å². The Hall–Kier alpha value is -2.44. The smallest absolute Gasteiger partial charge is 0.255 e. The van der Waals surface area contributed by atoms with Gasteiger partial charge >= 0.3 is 0 Å². The molecule has 4 rings (SSSR count). The number of primary amides is 1. The summed E-state index contributed by atoms with van der Waals surface area (Å²) in [6, 6.07) is 2.04. The van der Waals surface area contributed by atoms with Crippen molar-refractivity contribution in [3.05, 3.63) is 24.0 Å². The highest BCUT2D eigenvalue weighted by Gasteiger charge is 2.54. The summed E-state index contributed by atoms with van der Waals surface area (Å²) in [6.07, 6.45) is 6.11. The van der Waals surface area contributed by atoms with Crippen LogP contribution in [-0.2, 0) is 4.79 Å². The topological polar surface area (TPSA) is 94.1 Å². The largest absolute Gasteiger partial charge is 0.369 e. The number of pyridine rings is 1. The van der Waals surface area contributed by atoms with Crippen molar-refractivity contribution in [3.8, 4) is 0 Å². The molecule has 2 amide bonds. The number of nitrogens with two attached hydrogens (primary N) is 1. The zero-order valence-corrected chi connectivity index (χ0v) is 14.6. The second-order valence-electron chi connectivity index (χ2n) is 7.61. The minimum absolute atomic E-state index is 0.0817. The molecule has 1 saturated heterocycles. The van der Waals surface area contributed by atoms with Crippen molar-refractivity contribution in [2.45, 2.75) is 39.2 Å². The van der Waals surface area contributed by atoms with E-state index >= 15 is 0 Å². The monoisotopic (exact) mass is 341 g/mol. The van der Waals surface area contributed by atoms with Gasteiger partial charge < -0.3 is 10.6 Å². The number of fused-ring (bicyclic) bond motifs is 2. The third kappa shape index (κ3) is 2.33. The van der Waals surface area contributed by atoms with Gasteiger partial charge in [-0.1, -0.05) is 6.42 Å². The number of aromatic nitrogens is 3. The van der Waals surface area contributed by atoms with Crippen LogP contribution in [0.15, 0.2) is 18.5 Å². The summed E-state index contributed by atoms with van der Waals surface area (Å²) in [5, 5.41) is 5.19. The fourth-order valence-electron chi connectivity index (χ4n) is 4.46. The SMILES string of the molecule is CC(C)n1ncc2cc(C(=O)N3C[C@@H]4CCC[C@]4(C(N)=O)C3)cnc21. The number of rotatable bonds is 3. The molecule has 2 atom stereocenters. The molecular formula is C18H23N5O2. The highest BCUT2D eigenvalue weighted by atomic mass is 16.2. The highest BCUT2D eigenvalue weighted by molar-refractivity contribution is 5.97. The van der Waals surface area contributed by atoms with E-state index in [0.29, 0.717) is 18.7 Å². The molecule has 2 aromatic rings. The van der Waals surface area contributed by atoms with Gasteiger partial charge in [0.1, 0.15) is 0 Å². The van der Waals surface area contributed by atoms with E-state index < -0.39 is 5.41 Å². The molecule has 25 heavy (non-hydrogen) atoms. The average Bonchev–Trinajstić information content (AvgIpc) is 3.25. The van der Waals surface area contributed by atoms with Gasteiger partial charge in [-0.25, -0.2) is 9.67 Å². The van der Waals surface area contributed by atoms with E-state index in [-0.39, 0.29) is 23.8 Å². The first-order chi connectivity index (χ1) is 11.9. The number of amides is 2. The lowest BCUT2D eigenvalue weighted by Crippen LogP contribution is -2.41. The van der Waals surface area contributed by atoms with Gasteiger partial charge in [-0.2, -0.15) is 5.10 Å². The molecule has 7 heteroatoms. The molecule has 7 nitrogen and oxygen atoms in total. The van der Waals surface area contributed by atoms with E-state index in [1.165, 1.54) is 0 Å². The molecule has 132 valence electrons. The first-order valence-electron chi connectivity index (χ1n) is 8.85. The van der Waals surface area contributed by atoms with Crippen molar-refractivity contribution in [1.82, 2.24) is 19.7 Å². The molecule has 2 fully saturated rings. The zero-order valence-electron chi connectivity index (χ0n) is 14.6. The number of likely N-dealkylation sites (tertiary alicyclic amines) is 1. The Kier molecular flexibility index (Phi) is 3.56. The normalized spacial score (nSPS) is 25.7. The molecule has 1 saturated carbocycles. The van der Waals surface area contributed by atoms with Crippen molar-refractivity contribution in [1.29, 1.82) is 0 Å². The minimum atomic E-state index is -0.532. The molecule has 2 aromatic heterocycles. The molecule has 0 spiro atoms. The van der Waals surface area contributed by atoms with E-state index in [2.05, 4.69) is 10.1 Å². The number of hydrogen-bond acceptors (Lipinski definition) is 4. The van der Waals surface area contributed by atoms with Crippen molar-refractivity contribution in [3.63, 3.8) is 0 Å². The molecule has 0 radical (unpaired) electrons. The maximum atomic E-state index is 12.9. The lowest BCUT2D eigenvalue weighted by Gasteiger charge is -2.24. The van der Waals surface area contributed by atoms with E-state index in [1.807, 2.05) is 24.6 Å². The van der Waals surface area contributed by atoms with Crippen molar-refractivity contribution < 1.29 is 9.59 Å². The summed E-state index contributed by atoms with van der Waals surface area (Å²) in [7, 11) is 0. The van der Waals surface area contributed by atoms with E-state index in [1.54, 1.807) is 17.3 Å². The van der Waals surface area contributed by atoms with Gasteiger partial charge in [0.05, 0.1) is 17.2 Å². The zero-order chi connectivity index (χ0) is 17.8. The van der Waals surface area contributed by atoms with Crippen molar-refractivity contribution >= 4 is 22.8 Å². The summed E-state index contributed by atoms with van der Waals surface area (Å²) in [4.78, 5) is 31.2. The van der Waals surface area contributed by atoms with Gasteiger partial charge in [0, 0.05) is 30.7 Å². The quantitative estimate of drug-likeness (QED) is 0.920. The molecule has 2 N–H and O–H groups in total. The molecule has 1 aliphatic carbocycles. The number of carbonyl (C=O) groups is 2. The highest BCUT2D eigenvalue weighted by Crippen LogP contribution is 2.48. The van der Waals surface area contributed by atoms with Gasteiger partial charge in [0.2, 0.25) is 5.91 Å². The van der Waals surface area contributed by atoms with Gasteiger partial charge in [-0.05, 0) is 38.7 Å². The van der Waals surface area contributed by atoms with Crippen LogP contribution in [0.1, 0.15) is 49.5 Å². The Balaban J connectivity index is 1.62. The number of carbonyl (C=O) groups excluding carboxylic acids is 2. The Morgan fingerprint density at radius 2 is 2.16 bits per heavy atom. The summed E-state index contributed by atoms with van der Waals surface area (Å²) in [5.41, 5.74) is 6.46. The molecule has 2 aliphatic rings. The van der Waals surface area contributed by atoms with Crippen LogP contribution in [0.4, 0.5) is 0 Å². The van der Waals surface area contributed by atoms with Crippen molar-refractivity contribution in [2.75, 3.05) is 13.1 Å². The van der Waals surface area contributed by atoms with Gasteiger partial charge in [-0.15, -0.1) is 0 Å². The Morgan fingerprint density at radius 3 is 2.84 bits per heavy atom. The predicted molar refractivity (Wildman–Crippen MR) is 92.8 cm³/mol. The maximum absolute atomic E-state index is 12.9. The van der Waals surface area contributed by atoms with E-state index in [0.717, 1.165) is 30.3 Å². The van der Waals surface area contributed by atoms with E-state index in [9.17, 15) is 9.59 Å². The first-order valence-corrected chi connectivity index (χ1v) is 8.85. The Bertz CT molecular complexity index is 858. The van der Waals surface area contributed by atoms with Crippen LogP contribution in [0.3, 0.4) is 0 Å². The lowest BCUT2D eigenvalue weighted by atomic mass is 9.80. The lowest BCUT2D eigenvalue weighted by molar-refractivity contribution is -0.128. The Morgan fingerprint density at radius 1 is 1.36 bits per heavy atom. The molecule has 3 heterocycles. The van der Waals surface area contributed by atoms with Crippen LogP contribution >= 0.6 is 0 Å². The summed E-state index contributed by atoms with van der Waals surface area (Å²) < 4.78 is 1.84. The van der Waals surface area contributed by atoms with Crippen LogP contribution in [0.2, 0.25) is 0 Å². The summed E-state index contributed by atoms with van der Waals surface area (Å²) in [5.74, 6) is -0.159. The second kappa shape index (κ2) is 5.54. The van der Waals surface area contributed by atoms with Crippen molar-refractivity contribution in [2.24, 2.45) is 17.1 Å². The van der Waals surface area contributed by atoms with Crippen LogP contribution in [-0.4, -0.2) is 44.6 Å². The standard InChI is InChI=1S/C18H23N5O2/c1-11(2)23-15-12(8-21-23)6-13(7-20-15)16(24)22-9-14-4-3-5-18(14,10-22)17(19)25/h6-8,11,14H,3-5,9-10H2,1-2H3,(H2,19,25)/t14-,18-/m0/s1. The molecular weight excluding hydrogens is 318 g/mol. The van der Waals surface area contributed by atoms with Gasteiger partial charge in [0.15, 0.2) is 5.65 Å². The fourth-order valence-corrected chi connectivity index (χ4v) is 4.46. The van der Waals surface area contributed by atoms with Crippen LogP contribution in [0.25, 0.3) is 11.0 Å². The number of hydrogen-bond donors (Lipinski definition) is 1. The first kappa shape index (κ1) is 16.1.